The second kappa shape index (κ2) is 8.37. The SMILES string of the molecule is Cc1ccccc1C(CC(=O)O)n1c(=O)n(Cc2cn(C)c3cccc(C)c23)c2ccccc21. The molecule has 0 fully saturated rings. The summed E-state index contributed by atoms with van der Waals surface area (Å²) in [6, 6.07) is 20.9. The highest BCUT2D eigenvalue weighted by atomic mass is 16.4. The maximum Gasteiger partial charge on any atom is 0.330 e. The van der Waals surface area contributed by atoms with Crippen molar-refractivity contribution in [3.8, 4) is 0 Å². The second-order valence-electron chi connectivity index (χ2n) is 8.93. The summed E-state index contributed by atoms with van der Waals surface area (Å²) in [7, 11) is 2.01. The van der Waals surface area contributed by atoms with Crippen molar-refractivity contribution in [3.63, 3.8) is 0 Å². The van der Waals surface area contributed by atoms with Crippen molar-refractivity contribution in [1.82, 2.24) is 13.7 Å². The zero-order chi connectivity index (χ0) is 24.0. The fourth-order valence-electron chi connectivity index (χ4n) is 5.17. The molecule has 0 aliphatic carbocycles. The second-order valence-corrected chi connectivity index (χ2v) is 8.93. The van der Waals surface area contributed by atoms with Crippen LogP contribution in [0.5, 0.6) is 0 Å². The lowest BCUT2D eigenvalue weighted by Crippen LogP contribution is -2.30. The number of fused-ring (bicyclic) bond motifs is 2. The van der Waals surface area contributed by atoms with E-state index < -0.39 is 12.0 Å². The highest BCUT2D eigenvalue weighted by Crippen LogP contribution is 2.30. The molecule has 1 unspecified atom stereocenters. The highest BCUT2D eigenvalue weighted by Gasteiger charge is 2.26. The van der Waals surface area contributed by atoms with Crippen LogP contribution in [0.3, 0.4) is 0 Å². The molecule has 0 bridgehead atoms. The zero-order valence-electron chi connectivity index (χ0n) is 19.5. The summed E-state index contributed by atoms with van der Waals surface area (Å²) in [6.07, 6.45) is 1.90. The summed E-state index contributed by atoms with van der Waals surface area (Å²) < 4.78 is 5.51. The first-order chi connectivity index (χ1) is 16.4. The molecule has 3 aromatic carbocycles. The van der Waals surface area contributed by atoms with Gasteiger partial charge in [0.15, 0.2) is 0 Å². The third-order valence-electron chi connectivity index (χ3n) is 6.73. The summed E-state index contributed by atoms with van der Waals surface area (Å²) in [6.45, 7) is 4.44. The van der Waals surface area contributed by atoms with Crippen molar-refractivity contribution in [2.45, 2.75) is 32.9 Å². The fraction of sp³-hybridized carbons (Fsp3) is 0.214. The van der Waals surface area contributed by atoms with Crippen molar-refractivity contribution in [2.24, 2.45) is 7.05 Å². The topological polar surface area (TPSA) is 69.2 Å². The molecule has 2 aromatic heterocycles. The van der Waals surface area contributed by atoms with Crippen molar-refractivity contribution < 1.29 is 9.90 Å². The van der Waals surface area contributed by atoms with E-state index in [1.807, 2.05) is 68.6 Å². The van der Waals surface area contributed by atoms with Gasteiger partial charge in [-0.05, 0) is 54.3 Å². The molecule has 1 atom stereocenters. The number of carbonyl (C=O) groups is 1. The van der Waals surface area contributed by atoms with Crippen LogP contribution < -0.4 is 5.69 Å². The Balaban J connectivity index is 1.74. The molecule has 5 rings (SSSR count). The van der Waals surface area contributed by atoms with E-state index in [2.05, 4.69) is 29.8 Å². The molecule has 0 spiro atoms. The van der Waals surface area contributed by atoms with Gasteiger partial charge in [-0.2, -0.15) is 0 Å². The molecule has 172 valence electrons. The average molecular weight is 454 g/mol. The van der Waals surface area contributed by atoms with Gasteiger partial charge in [0.2, 0.25) is 0 Å². The molecule has 1 N–H and O–H groups in total. The highest BCUT2D eigenvalue weighted by molar-refractivity contribution is 5.87. The van der Waals surface area contributed by atoms with Crippen LogP contribution in [0.2, 0.25) is 0 Å². The van der Waals surface area contributed by atoms with Gasteiger partial charge in [0, 0.05) is 24.1 Å². The third-order valence-corrected chi connectivity index (χ3v) is 6.73. The standard InChI is InChI=1S/C28H27N3O3/c1-18-9-4-5-11-21(18)25(15-26(32)33)31-23-13-7-6-12-22(23)30(28(31)34)17-20-16-29(3)24-14-8-10-19(2)27(20)24/h4-14,16,25H,15,17H2,1-3H3,(H,32,33). The molecule has 0 radical (unpaired) electrons. The number of aromatic nitrogens is 3. The Morgan fingerprint density at radius 1 is 0.882 bits per heavy atom. The van der Waals surface area contributed by atoms with Gasteiger partial charge >= 0.3 is 11.7 Å². The van der Waals surface area contributed by atoms with E-state index in [0.717, 1.165) is 44.2 Å². The largest absolute Gasteiger partial charge is 0.481 e. The molecular weight excluding hydrogens is 426 g/mol. The van der Waals surface area contributed by atoms with Gasteiger partial charge in [0.1, 0.15) is 0 Å². The van der Waals surface area contributed by atoms with Crippen LogP contribution in [0.4, 0.5) is 0 Å². The van der Waals surface area contributed by atoms with E-state index >= 15 is 0 Å². The number of carboxylic acids is 1. The minimum absolute atomic E-state index is 0.174. The number of hydrogen-bond acceptors (Lipinski definition) is 2. The summed E-state index contributed by atoms with van der Waals surface area (Å²) in [5, 5.41) is 10.9. The normalized spacial score (nSPS) is 12.4. The van der Waals surface area contributed by atoms with Crippen LogP contribution in [0.25, 0.3) is 21.9 Å². The van der Waals surface area contributed by atoms with Gasteiger partial charge in [-0.25, -0.2) is 4.79 Å². The van der Waals surface area contributed by atoms with Gasteiger partial charge in [-0.3, -0.25) is 13.9 Å². The van der Waals surface area contributed by atoms with Gasteiger partial charge < -0.3 is 9.67 Å². The Bertz CT molecular complexity index is 1600. The molecule has 2 heterocycles. The molecule has 6 heteroatoms. The number of aliphatic carboxylic acids is 1. The van der Waals surface area contributed by atoms with Crippen molar-refractivity contribution >= 4 is 27.9 Å². The van der Waals surface area contributed by atoms with Crippen LogP contribution in [0.15, 0.2) is 77.7 Å². The van der Waals surface area contributed by atoms with E-state index in [-0.39, 0.29) is 12.1 Å². The number of aryl methyl sites for hydroxylation is 3. The van der Waals surface area contributed by atoms with Crippen LogP contribution in [0, 0.1) is 13.8 Å². The number of rotatable bonds is 6. The van der Waals surface area contributed by atoms with Gasteiger partial charge in [0.05, 0.1) is 30.0 Å². The predicted molar refractivity (Wildman–Crippen MR) is 135 cm³/mol. The van der Waals surface area contributed by atoms with E-state index in [0.29, 0.717) is 6.54 Å². The quantitative estimate of drug-likeness (QED) is 0.392. The third kappa shape index (κ3) is 3.52. The smallest absolute Gasteiger partial charge is 0.330 e. The Morgan fingerprint density at radius 3 is 2.26 bits per heavy atom. The number of imidazole rings is 1. The first-order valence-electron chi connectivity index (χ1n) is 11.4. The van der Waals surface area contributed by atoms with Crippen molar-refractivity contribution in [3.05, 3.63) is 106 Å². The van der Waals surface area contributed by atoms with E-state index in [9.17, 15) is 14.7 Å². The molecule has 0 amide bonds. The Hall–Kier alpha value is -4.06. The van der Waals surface area contributed by atoms with Crippen LogP contribution in [-0.2, 0) is 18.4 Å². The molecule has 0 saturated carbocycles. The van der Waals surface area contributed by atoms with Crippen LogP contribution in [-0.4, -0.2) is 24.8 Å². The summed E-state index contributed by atoms with van der Waals surface area (Å²) in [5.41, 5.74) is 6.47. The summed E-state index contributed by atoms with van der Waals surface area (Å²) in [4.78, 5) is 25.8. The summed E-state index contributed by atoms with van der Waals surface area (Å²) in [5.74, 6) is -0.943. The van der Waals surface area contributed by atoms with E-state index in [1.54, 1.807) is 9.13 Å². The maximum atomic E-state index is 14.0. The molecule has 5 aromatic rings. The average Bonchev–Trinajstić information content (AvgIpc) is 3.28. The lowest BCUT2D eigenvalue weighted by atomic mass is 9.98. The van der Waals surface area contributed by atoms with Gasteiger partial charge in [-0.15, -0.1) is 0 Å². The number of carboxylic acid groups (broad SMARTS) is 1. The minimum atomic E-state index is -0.943. The first kappa shape index (κ1) is 21.8. The van der Waals surface area contributed by atoms with Gasteiger partial charge in [0.25, 0.3) is 0 Å². The van der Waals surface area contributed by atoms with Crippen LogP contribution >= 0.6 is 0 Å². The fourth-order valence-corrected chi connectivity index (χ4v) is 5.17. The monoisotopic (exact) mass is 453 g/mol. The molecule has 34 heavy (non-hydrogen) atoms. The molecule has 0 aliphatic rings. The van der Waals surface area contributed by atoms with Crippen molar-refractivity contribution in [2.75, 3.05) is 0 Å². The first-order valence-corrected chi connectivity index (χ1v) is 11.4. The number of hydrogen-bond donors (Lipinski definition) is 1. The molecule has 0 aliphatic heterocycles. The van der Waals surface area contributed by atoms with Crippen molar-refractivity contribution in [1.29, 1.82) is 0 Å². The number of para-hydroxylation sites is 2. The molecule has 0 saturated heterocycles. The Kier molecular flexibility index (Phi) is 5.36. The Labute approximate surface area is 197 Å². The maximum absolute atomic E-state index is 14.0. The molecular formula is C28H27N3O3. The Morgan fingerprint density at radius 2 is 1.53 bits per heavy atom. The minimum Gasteiger partial charge on any atom is -0.481 e. The summed E-state index contributed by atoms with van der Waals surface area (Å²) >= 11 is 0. The predicted octanol–water partition coefficient (Wildman–Crippen LogP) is 5.02. The number of benzene rings is 3. The van der Waals surface area contributed by atoms with E-state index in [1.165, 1.54) is 0 Å². The zero-order valence-corrected chi connectivity index (χ0v) is 19.5. The number of nitrogens with zero attached hydrogens (tertiary/aromatic N) is 3. The van der Waals surface area contributed by atoms with Crippen LogP contribution in [0.1, 0.15) is 34.7 Å². The lowest BCUT2D eigenvalue weighted by Gasteiger charge is -2.19. The van der Waals surface area contributed by atoms with Gasteiger partial charge in [-0.1, -0.05) is 48.5 Å². The molecule has 6 nitrogen and oxygen atoms in total. The lowest BCUT2D eigenvalue weighted by molar-refractivity contribution is -0.137. The van der Waals surface area contributed by atoms with E-state index in [4.69, 9.17) is 0 Å².